The van der Waals surface area contributed by atoms with Crippen molar-refractivity contribution in [3.8, 4) is 0 Å². The number of hydrogen-bond donors (Lipinski definition) is 2. The quantitative estimate of drug-likeness (QED) is 0.786. The van der Waals surface area contributed by atoms with E-state index in [9.17, 15) is 14.4 Å². The van der Waals surface area contributed by atoms with Crippen molar-refractivity contribution in [3.05, 3.63) is 16.6 Å². The Balaban J connectivity index is 3.25. The Kier molecular flexibility index (Phi) is 3.48. The zero-order valence-electron chi connectivity index (χ0n) is 8.17. The van der Waals surface area contributed by atoms with E-state index in [1.807, 2.05) is 0 Å². The Labute approximate surface area is 87.2 Å². The van der Waals surface area contributed by atoms with Gasteiger partial charge in [-0.05, 0) is 12.8 Å². The highest BCUT2D eigenvalue weighted by Crippen LogP contribution is 2.61. The van der Waals surface area contributed by atoms with Crippen molar-refractivity contribution in [3.63, 3.8) is 0 Å². The topological polar surface area (TPSA) is 70.4 Å². The van der Waals surface area contributed by atoms with Gasteiger partial charge in [-0.25, -0.2) is 4.98 Å². The van der Waals surface area contributed by atoms with E-state index in [2.05, 4.69) is 4.98 Å². The van der Waals surface area contributed by atoms with Crippen molar-refractivity contribution < 1.29 is 14.4 Å². The molecule has 0 saturated heterocycles. The minimum Gasteiger partial charge on any atom is -0.324 e. The molecule has 0 fully saturated rings. The van der Waals surface area contributed by atoms with Crippen molar-refractivity contribution >= 4 is 18.9 Å². The molecule has 0 aliphatic carbocycles. The molecule has 80 valence electrons. The molecule has 0 spiro atoms. The molecule has 0 aromatic carbocycles. The van der Waals surface area contributed by atoms with E-state index in [1.165, 1.54) is 11.3 Å². The van der Waals surface area contributed by atoms with Gasteiger partial charge < -0.3 is 9.79 Å². The van der Waals surface area contributed by atoms with Gasteiger partial charge in [-0.3, -0.25) is 4.57 Å². The van der Waals surface area contributed by atoms with E-state index in [1.54, 1.807) is 25.4 Å². The molecule has 4 nitrogen and oxygen atoms in total. The average molecular weight is 235 g/mol. The Morgan fingerprint density at radius 3 is 2.36 bits per heavy atom. The molecule has 0 aliphatic heterocycles. The Morgan fingerprint density at radius 2 is 2.07 bits per heavy atom. The summed E-state index contributed by atoms with van der Waals surface area (Å²) in [7, 11) is -4.15. The minimum absolute atomic E-state index is 0.404. The van der Waals surface area contributed by atoms with Crippen LogP contribution in [0.25, 0.3) is 0 Å². The molecule has 0 unspecified atom stereocenters. The van der Waals surface area contributed by atoms with Crippen molar-refractivity contribution in [1.82, 2.24) is 4.98 Å². The number of hydrogen-bond acceptors (Lipinski definition) is 3. The van der Waals surface area contributed by atoms with E-state index >= 15 is 0 Å². The average Bonchev–Trinajstić information content (AvgIpc) is 2.58. The summed E-state index contributed by atoms with van der Waals surface area (Å²) in [5.41, 5.74) is 0. The molecule has 0 saturated carbocycles. The summed E-state index contributed by atoms with van der Waals surface area (Å²) >= 11 is 1.30. The molecule has 1 aromatic rings. The lowest BCUT2D eigenvalue weighted by atomic mass is 10.0. The lowest BCUT2D eigenvalue weighted by molar-refractivity contribution is 0.315. The summed E-state index contributed by atoms with van der Waals surface area (Å²) in [4.78, 5) is 22.8. The van der Waals surface area contributed by atoms with Crippen molar-refractivity contribution in [2.45, 2.75) is 31.8 Å². The number of aromatic nitrogens is 1. The minimum atomic E-state index is -4.15. The van der Waals surface area contributed by atoms with E-state index in [0.29, 0.717) is 17.8 Å². The smallest absolute Gasteiger partial charge is 0.324 e. The first kappa shape index (κ1) is 11.9. The Hall–Kier alpha value is -0.220. The second-order valence-electron chi connectivity index (χ2n) is 3.12. The highest BCUT2D eigenvalue weighted by molar-refractivity contribution is 7.53. The van der Waals surface area contributed by atoms with Crippen LogP contribution >= 0.6 is 18.9 Å². The molecule has 14 heavy (non-hydrogen) atoms. The maximum absolute atomic E-state index is 11.5. The normalized spacial score (nSPS) is 13.1. The van der Waals surface area contributed by atoms with Gasteiger partial charge in [0.15, 0.2) is 0 Å². The molecule has 0 atom stereocenters. The number of thiazole rings is 1. The van der Waals surface area contributed by atoms with Gasteiger partial charge in [0.25, 0.3) is 0 Å². The van der Waals surface area contributed by atoms with Gasteiger partial charge in [0.2, 0.25) is 0 Å². The number of nitrogens with zero attached hydrogens (tertiary/aromatic N) is 1. The lowest BCUT2D eigenvalue weighted by Gasteiger charge is -2.29. The first-order chi connectivity index (χ1) is 6.48. The van der Waals surface area contributed by atoms with Gasteiger partial charge >= 0.3 is 7.60 Å². The summed E-state index contributed by atoms with van der Waals surface area (Å²) in [6.45, 7) is 3.56. The zero-order valence-corrected chi connectivity index (χ0v) is 9.89. The largest absolute Gasteiger partial charge is 0.338 e. The van der Waals surface area contributed by atoms with Crippen molar-refractivity contribution in [2.75, 3.05) is 0 Å². The summed E-state index contributed by atoms with van der Waals surface area (Å²) in [6, 6.07) is 0. The third-order valence-corrected chi connectivity index (χ3v) is 5.65. The van der Waals surface area contributed by atoms with Gasteiger partial charge in [0, 0.05) is 11.6 Å². The van der Waals surface area contributed by atoms with Crippen molar-refractivity contribution in [1.29, 1.82) is 0 Å². The van der Waals surface area contributed by atoms with Crippen LogP contribution in [0.15, 0.2) is 11.6 Å². The molecular weight excluding hydrogens is 221 g/mol. The van der Waals surface area contributed by atoms with Crippen LogP contribution in [0.3, 0.4) is 0 Å². The van der Waals surface area contributed by atoms with E-state index in [-0.39, 0.29) is 0 Å². The highest BCUT2D eigenvalue weighted by atomic mass is 32.1. The van der Waals surface area contributed by atoms with Crippen LogP contribution in [0, 0.1) is 0 Å². The van der Waals surface area contributed by atoms with E-state index < -0.39 is 12.8 Å². The van der Waals surface area contributed by atoms with Crippen molar-refractivity contribution in [2.24, 2.45) is 0 Å². The standard InChI is InChI=1S/C8H14NO3PS/c1-3-8(4-2,13(10,11)12)7-9-5-6-14-7/h5-6H,3-4H2,1-2H3,(H2,10,11,12). The van der Waals surface area contributed by atoms with Crippen LogP contribution < -0.4 is 0 Å². The van der Waals surface area contributed by atoms with Gasteiger partial charge in [0.05, 0.1) is 0 Å². The predicted octanol–water partition coefficient (Wildman–Crippen LogP) is 2.34. The van der Waals surface area contributed by atoms with Crippen LogP contribution in [0.5, 0.6) is 0 Å². The van der Waals surface area contributed by atoms with Crippen LogP contribution in [-0.2, 0) is 9.72 Å². The monoisotopic (exact) mass is 235 g/mol. The van der Waals surface area contributed by atoms with Crippen LogP contribution in [0.2, 0.25) is 0 Å². The van der Waals surface area contributed by atoms with Crippen LogP contribution in [0.1, 0.15) is 31.7 Å². The fraction of sp³-hybridized carbons (Fsp3) is 0.625. The molecule has 0 amide bonds. The molecule has 2 N–H and O–H groups in total. The molecular formula is C8H14NO3PS. The molecule has 0 bridgehead atoms. The summed E-state index contributed by atoms with van der Waals surface area (Å²) in [5, 5.41) is 1.20. The van der Waals surface area contributed by atoms with E-state index in [4.69, 9.17) is 0 Å². The first-order valence-corrected chi connectivity index (χ1v) is 6.92. The van der Waals surface area contributed by atoms with E-state index in [0.717, 1.165) is 0 Å². The lowest BCUT2D eigenvalue weighted by Crippen LogP contribution is -2.24. The Bertz CT molecular complexity index is 328. The summed E-state index contributed by atoms with van der Waals surface area (Å²) < 4.78 is 11.5. The predicted molar refractivity (Wildman–Crippen MR) is 56.4 cm³/mol. The van der Waals surface area contributed by atoms with Crippen LogP contribution in [-0.4, -0.2) is 14.8 Å². The molecule has 1 rings (SSSR count). The molecule has 1 heterocycles. The van der Waals surface area contributed by atoms with Gasteiger partial charge in [-0.15, -0.1) is 11.3 Å². The number of rotatable bonds is 4. The van der Waals surface area contributed by atoms with Gasteiger partial charge in [-0.2, -0.15) is 0 Å². The van der Waals surface area contributed by atoms with Gasteiger partial charge in [-0.1, -0.05) is 13.8 Å². The Morgan fingerprint density at radius 1 is 1.50 bits per heavy atom. The maximum Gasteiger partial charge on any atom is 0.338 e. The SMILES string of the molecule is CCC(CC)(c1nccs1)P(=O)(O)O. The molecule has 6 heteroatoms. The highest BCUT2D eigenvalue weighted by Gasteiger charge is 2.47. The summed E-state index contributed by atoms with van der Waals surface area (Å²) in [5.74, 6) is 0. The molecule has 0 radical (unpaired) electrons. The molecule has 1 aromatic heterocycles. The fourth-order valence-electron chi connectivity index (χ4n) is 1.54. The van der Waals surface area contributed by atoms with Crippen LogP contribution in [0.4, 0.5) is 0 Å². The second kappa shape index (κ2) is 4.11. The fourth-order valence-corrected chi connectivity index (χ4v) is 4.07. The first-order valence-electron chi connectivity index (χ1n) is 4.43. The second-order valence-corrected chi connectivity index (χ2v) is 5.96. The maximum atomic E-state index is 11.5. The van der Waals surface area contributed by atoms with Gasteiger partial charge in [0.1, 0.15) is 10.2 Å². The third kappa shape index (κ3) is 1.77. The third-order valence-electron chi connectivity index (χ3n) is 2.56. The zero-order chi connectivity index (χ0) is 10.8. The molecule has 0 aliphatic rings. The summed E-state index contributed by atoms with van der Waals surface area (Å²) in [6.07, 6.45) is 2.39.